The Hall–Kier alpha value is -1.99. The van der Waals surface area contributed by atoms with Crippen molar-refractivity contribution in [2.75, 3.05) is 31.1 Å². The van der Waals surface area contributed by atoms with Crippen LogP contribution < -0.4 is 16.0 Å². The molecule has 0 saturated carbocycles. The molecule has 7 heteroatoms. The lowest BCUT2D eigenvalue weighted by Crippen LogP contribution is -2.28. The van der Waals surface area contributed by atoms with Crippen molar-refractivity contribution in [1.82, 2.24) is 21.0 Å². The number of hydrogen-bond acceptors (Lipinski definition) is 5. The Balaban J connectivity index is 1.89. The van der Waals surface area contributed by atoms with Gasteiger partial charge in [-0.25, -0.2) is 9.97 Å². The quantitative estimate of drug-likeness (QED) is 0.832. The monoisotopic (exact) mass is 374 g/mol. The first-order valence-electron chi connectivity index (χ1n) is 7.50. The first-order valence-corrected chi connectivity index (χ1v) is 8.29. The van der Waals surface area contributed by atoms with E-state index in [1.165, 1.54) is 6.20 Å². The van der Waals surface area contributed by atoms with Crippen molar-refractivity contribution in [2.45, 2.75) is 6.42 Å². The van der Waals surface area contributed by atoms with E-state index in [2.05, 4.69) is 36.1 Å². The Labute approximate surface area is 143 Å². The molecule has 0 amide bonds. The zero-order valence-electron chi connectivity index (χ0n) is 12.6. The highest BCUT2D eigenvalue weighted by atomic mass is 79.9. The maximum absolute atomic E-state index is 12.6. The zero-order chi connectivity index (χ0) is 16.2. The SMILES string of the molecule is [NH]c1ncc(Br)cc1C(=O)c1cccc(N2CCCNCC2)n1. The number of halogens is 1. The molecule has 6 nitrogen and oxygen atoms in total. The lowest BCUT2D eigenvalue weighted by Gasteiger charge is -2.21. The van der Waals surface area contributed by atoms with Crippen LogP contribution in [0.4, 0.5) is 11.6 Å². The van der Waals surface area contributed by atoms with Crippen molar-refractivity contribution in [3.8, 4) is 0 Å². The van der Waals surface area contributed by atoms with Gasteiger partial charge in [0.25, 0.3) is 0 Å². The third-order valence-corrected chi connectivity index (χ3v) is 4.16. The normalized spacial score (nSPS) is 15.3. The van der Waals surface area contributed by atoms with Gasteiger partial charge < -0.3 is 10.2 Å². The molecule has 3 rings (SSSR count). The van der Waals surface area contributed by atoms with E-state index in [0.29, 0.717) is 10.2 Å². The summed E-state index contributed by atoms with van der Waals surface area (Å²) in [6, 6.07) is 7.05. The van der Waals surface area contributed by atoms with E-state index in [4.69, 9.17) is 5.73 Å². The third kappa shape index (κ3) is 3.68. The van der Waals surface area contributed by atoms with Crippen LogP contribution in [0.25, 0.3) is 0 Å². The Morgan fingerprint density at radius 2 is 2.17 bits per heavy atom. The number of aromatic nitrogens is 2. The Bertz CT molecular complexity index is 713. The van der Waals surface area contributed by atoms with Crippen molar-refractivity contribution < 1.29 is 4.79 Å². The highest BCUT2D eigenvalue weighted by molar-refractivity contribution is 9.10. The molecule has 2 aromatic heterocycles. The van der Waals surface area contributed by atoms with Crippen LogP contribution in [0, 0.1) is 0 Å². The average Bonchev–Trinajstić information content (AvgIpc) is 2.86. The van der Waals surface area contributed by atoms with Crippen LogP contribution >= 0.6 is 15.9 Å². The molecule has 23 heavy (non-hydrogen) atoms. The topological polar surface area (TPSA) is 81.9 Å². The summed E-state index contributed by atoms with van der Waals surface area (Å²) >= 11 is 3.29. The molecule has 1 radical (unpaired) electrons. The van der Waals surface area contributed by atoms with Crippen LogP contribution in [0.15, 0.2) is 34.9 Å². The summed E-state index contributed by atoms with van der Waals surface area (Å²) in [5.41, 5.74) is 8.42. The van der Waals surface area contributed by atoms with E-state index in [-0.39, 0.29) is 17.2 Å². The van der Waals surface area contributed by atoms with Crippen LogP contribution in [-0.2, 0) is 0 Å². The van der Waals surface area contributed by atoms with Gasteiger partial charge in [-0.2, -0.15) is 0 Å². The zero-order valence-corrected chi connectivity index (χ0v) is 14.1. The smallest absolute Gasteiger partial charge is 0.215 e. The first kappa shape index (κ1) is 15.9. The Morgan fingerprint density at radius 3 is 3.04 bits per heavy atom. The number of rotatable bonds is 3. The molecule has 1 saturated heterocycles. The summed E-state index contributed by atoms with van der Waals surface area (Å²) in [6.07, 6.45) is 2.56. The highest BCUT2D eigenvalue weighted by Gasteiger charge is 2.18. The van der Waals surface area contributed by atoms with Gasteiger partial charge in [0.05, 0.1) is 5.56 Å². The molecule has 119 valence electrons. The van der Waals surface area contributed by atoms with E-state index in [9.17, 15) is 4.79 Å². The molecule has 2 N–H and O–H groups in total. The average molecular weight is 375 g/mol. The van der Waals surface area contributed by atoms with Crippen molar-refractivity contribution in [2.24, 2.45) is 0 Å². The number of ketones is 1. The molecule has 0 aromatic carbocycles. The summed E-state index contributed by atoms with van der Waals surface area (Å²) < 4.78 is 0.673. The maximum Gasteiger partial charge on any atom is 0.215 e. The largest absolute Gasteiger partial charge is 0.355 e. The van der Waals surface area contributed by atoms with Crippen molar-refractivity contribution >= 4 is 33.3 Å². The second-order valence-electron chi connectivity index (χ2n) is 5.35. The number of hydrogen-bond donors (Lipinski definition) is 1. The molecule has 0 unspecified atom stereocenters. The number of pyridine rings is 2. The van der Waals surface area contributed by atoms with E-state index >= 15 is 0 Å². The predicted octanol–water partition coefficient (Wildman–Crippen LogP) is 2.18. The predicted molar refractivity (Wildman–Crippen MR) is 92.1 cm³/mol. The number of anilines is 1. The summed E-state index contributed by atoms with van der Waals surface area (Å²) in [5, 5.41) is 3.35. The van der Waals surface area contributed by atoms with Gasteiger partial charge in [0.1, 0.15) is 11.5 Å². The van der Waals surface area contributed by atoms with Gasteiger partial charge in [0.15, 0.2) is 5.82 Å². The van der Waals surface area contributed by atoms with E-state index in [0.717, 1.165) is 38.4 Å². The fourth-order valence-electron chi connectivity index (χ4n) is 2.55. The molecule has 3 heterocycles. The van der Waals surface area contributed by atoms with Gasteiger partial charge in [-0.3, -0.25) is 10.5 Å². The van der Waals surface area contributed by atoms with E-state index < -0.39 is 0 Å². The number of carbonyl (C=O) groups is 1. The van der Waals surface area contributed by atoms with E-state index in [1.807, 2.05) is 12.1 Å². The van der Waals surface area contributed by atoms with Gasteiger partial charge >= 0.3 is 0 Å². The second-order valence-corrected chi connectivity index (χ2v) is 6.27. The molecule has 1 aliphatic rings. The summed E-state index contributed by atoms with van der Waals surface area (Å²) in [4.78, 5) is 23.2. The van der Waals surface area contributed by atoms with Crippen LogP contribution in [0.1, 0.15) is 22.5 Å². The maximum atomic E-state index is 12.6. The second kappa shape index (κ2) is 7.06. The molecule has 0 bridgehead atoms. The number of nitrogens with zero attached hydrogens (tertiary/aromatic N) is 3. The van der Waals surface area contributed by atoms with Crippen molar-refractivity contribution in [3.63, 3.8) is 0 Å². The van der Waals surface area contributed by atoms with Gasteiger partial charge in [-0.1, -0.05) is 6.07 Å². The standard InChI is InChI=1S/C16H17BrN5O/c17-11-9-12(16(18)20-10-11)15(23)13-3-1-4-14(21-13)22-7-2-5-19-6-8-22/h1,3-4,9-10,18-19H,2,5-8H2. The van der Waals surface area contributed by atoms with Gasteiger partial charge in [-0.15, -0.1) is 0 Å². The lowest BCUT2D eigenvalue weighted by atomic mass is 10.1. The minimum absolute atomic E-state index is 0.0376. The Morgan fingerprint density at radius 1 is 1.30 bits per heavy atom. The molecule has 1 fully saturated rings. The lowest BCUT2D eigenvalue weighted by molar-refractivity contribution is 0.103. The third-order valence-electron chi connectivity index (χ3n) is 3.73. The van der Waals surface area contributed by atoms with Gasteiger partial charge in [0.2, 0.25) is 5.78 Å². The summed E-state index contributed by atoms with van der Waals surface area (Å²) in [6.45, 7) is 3.69. The molecule has 0 spiro atoms. The van der Waals surface area contributed by atoms with Crippen molar-refractivity contribution in [3.05, 3.63) is 46.2 Å². The molecule has 1 aliphatic heterocycles. The summed E-state index contributed by atoms with van der Waals surface area (Å²) in [5.74, 6) is 0.483. The number of carbonyl (C=O) groups excluding carboxylic acids is 1. The molecule has 0 aliphatic carbocycles. The van der Waals surface area contributed by atoms with Crippen LogP contribution in [0.5, 0.6) is 0 Å². The molecular formula is C16H17BrN5O. The van der Waals surface area contributed by atoms with Crippen LogP contribution in [0.2, 0.25) is 0 Å². The molecule has 0 atom stereocenters. The first-order chi connectivity index (χ1) is 11.1. The molecule has 2 aromatic rings. The van der Waals surface area contributed by atoms with E-state index in [1.54, 1.807) is 12.1 Å². The minimum atomic E-state index is -0.279. The van der Waals surface area contributed by atoms with Crippen molar-refractivity contribution in [1.29, 1.82) is 0 Å². The van der Waals surface area contributed by atoms with Gasteiger partial charge in [-0.05, 0) is 47.1 Å². The number of nitrogens with one attached hydrogen (secondary N) is 2. The van der Waals surface area contributed by atoms with Gasteiger partial charge in [0, 0.05) is 30.3 Å². The van der Waals surface area contributed by atoms with Crippen LogP contribution in [0.3, 0.4) is 0 Å². The fourth-order valence-corrected chi connectivity index (χ4v) is 2.88. The highest BCUT2D eigenvalue weighted by Crippen LogP contribution is 2.21. The summed E-state index contributed by atoms with van der Waals surface area (Å²) in [7, 11) is 0. The van der Waals surface area contributed by atoms with Crippen LogP contribution in [-0.4, -0.2) is 41.9 Å². The minimum Gasteiger partial charge on any atom is -0.355 e. The fraction of sp³-hybridized carbons (Fsp3) is 0.312. The molecular weight excluding hydrogens is 358 g/mol. The Kier molecular flexibility index (Phi) is 4.88.